The van der Waals surface area contributed by atoms with Crippen LogP contribution in [0.5, 0.6) is 0 Å². The number of thioether (sulfide) groups is 1. The molecule has 0 bridgehead atoms. The Kier molecular flexibility index (Phi) is 5.66. The molecule has 1 aromatic rings. The number of anilines is 1. The Labute approximate surface area is 152 Å². The Balaban J connectivity index is 1.53. The molecule has 1 aromatic carbocycles. The van der Waals surface area contributed by atoms with Crippen molar-refractivity contribution in [2.75, 3.05) is 31.5 Å². The average Bonchev–Trinajstić information content (AvgIpc) is 2.54. The zero-order valence-electron chi connectivity index (χ0n) is 14.9. The highest BCUT2D eigenvalue weighted by Gasteiger charge is 2.24. The van der Waals surface area contributed by atoms with Crippen LogP contribution in [0.1, 0.15) is 31.1 Å². The van der Waals surface area contributed by atoms with E-state index in [-0.39, 0.29) is 29.3 Å². The summed E-state index contributed by atoms with van der Waals surface area (Å²) < 4.78 is 5.72. The van der Waals surface area contributed by atoms with Gasteiger partial charge in [-0.2, -0.15) is 0 Å². The fourth-order valence-electron chi connectivity index (χ4n) is 3.25. The minimum absolute atomic E-state index is 0.0226. The van der Waals surface area contributed by atoms with Crippen molar-refractivity contribution in [3.05, 3.63) is 23.8 Å². The molecular formula is C18H25N3O3S. The van der Waals surface area contributed by atoms with Crippen LogP contribution in [0, 0.1) is 0 Å². The summed E-state index contributed by atoms with van der Waals surface area (Å²) in [6.07, 6.45) is 0.451. The zero-order chi connectivity index (χ0) is 18.0. The van der Waals surface area contributed by atoms with E-state index >= 15 is 0 Å². The van der Waals surface area contributed by atoms with E-state index in [4.69, 9.17) is 4.74 Å². The van der Waals surface area contributed by atoms with Gasteiger partial charge >= 0.3 is 0 Å². The van der Waals surface area contributed by atoms with Gasteiger partial charge in [-0.25, -0.2) is 0 Å². The molecule has 2 N–H and O–H groups in total. The Morgan fingerprint density at radius 3 is 2.76 bits per heavy atom. The van der Waals surface area contributed by atoms with Crippen molar-refractivity contribution in [2.24, 2.45) is 0 Å². The molecule has 25 heavy (non-hydrogen) atoms. The Bertz CT molecular complexity index is 657. The molecular weight excluding hydrogens is 338 g/mol. The Hall–Kier alpha value is -1.57. The molecule has 2 amide bonds. The number of carbonyl (C=O) groups excluding carboxylic acids is 2. The molecule has 2 aliphatic heterocycles. The maximum Gasteiger partial charge on any atom is 0.251 e. The molecule has 7 heteroatoms. The van der Waals surface area contributed by atoms with Crippen molar-refractivity contribution in [1.29, 1.82) is 0 Å². The van der Waals surface area contributed by atoms with Gasteiger partial charge in [-0.1, -0.05) is 0 Å². The van der Waals surface area contributed by atoms with Crippen molar-refractivity contribution in [2.45, 2.75) is 43.1 Å². The second-order valence-corrected chi connectivity index (χ2v) is 8.12. The first-order chi connectivity index (χ1) is 11.9. The fraction of sp³-hybridized carbons (Fsp3) is 0.556. The zero-order valence-corrected chi connectivity index (χ0v) is 15.7. The van der Waals surface area contributed by atoms with Crippen LogP contribution in [-0.2, 0) is 9.53 Å². The predicted octanol–water partition coefficient (Wildman–Crippen LogP) is 1.96. The Morgan fingerprint density at radius 1 is 1.32 bits per heavy atom. The topological polar surface area (TPSA) is 70.7 Å². The van der Waals surface area contributed by atoms with Crippen LogP contribution in [0.25, 0.3) is 0 Å². The van der Waals surface area contributed by atoms with E-state index in [0.29, 0.717) is 12.1 Å². The number of morpholine rings is 1. The van der Waals surface area contributed by atoms with E-state index < -0.39 is 0 Å². The van der Waals surface area contributed by atoms with Crippen LogP contribution in [0.3, 0.4) is 0 Å². The van der Waals surface area contributed by atoms with Gasteiger partial charge in [-0.15, -0.1) is 11.8 Å². The van der Waals surface area contributed by atoms with Crippen LogP contribution in [0.2, 0.25) is 0 Å². The second kappa shape index (κ2) is 7.76. The molecule has 1 fully saturated rings. The fourth-order valence-corrected chi connectivity index (χ4v) is 4.18. The molecule has 0 aliphatic carbocycles. The maximum atomic E-state index is 12.4. The van der Waals surface area contributed by atoms with Crippen LogP contribution >= 0.6 is 11.8 Å². The van der Waals surface area contributed by atoms with Crippen molar-refractivity contribution in [3.8, 4) is 0 Å². The summed E-state index contributed by atoms with van der Waals surface area (Å²) in [4.78, 5) is 27.5. The first kappa shape index (κ1) is 18.2. The molecule has 2 aliphatic rings. The molecule has 0 saturated carbocycles. The number of ether oxygens (including phenoxy) is 1. The summed E-state index contributed by atoms with van der Waals surface area (Å²) in [5, 5.41) is 5.72. The van der Waals surface area contributed by atoms with Crippen molar-refractivity contribution in [1.82, 2.24) is 10.2 Å². The molecule has 2 heterocycles. The minimum atomic E-state index is -0.116. The molecule has 3 rings (SSSR count). The van der Waals surface area contributed by atoms with Gasteiger partial charge in [0.15, 0.2) is 0 Å². The SMILES string of the molecule is C[C@@H]1Sc2ccc(C(=O)NCCN3C[C@H](C)O[C@@H](C)C3)cc2NC1=O. The smallest absolute Gasteiger partial charge is 0.251 e. The van der Waals surface area contributed by atoms with Gasteiger partial charge in [-0.3, -0.25) is 14.5 Å². The molecule has 0 unspecified atom stereocenters. The highest BCUT2D eigenvalue weighted by Crippen LogP contribution is 2.35. The van der Waals surface area contributed by atoms with Gasteiger partial charge < -0.3 is 15.4 Å². The number of nitrogens with zero attached hydrogens (tertiary/aromatic N) is 1. The summed E-state index contributed by atoms with van der Waals surface area (Å²) in [5.41, 5.74) is 1.29. The number of nitrogens with one attached hydrogen (secondary N) is 2. The quantitative estimate of drug-likeness (QED) is 0.856. The molecule has 0 radical (unpaired) electrons. The van der Waals surface area contributed by atoms with E-state index in [9.17, 15) is 9.59 Å². The number of carbonyl (C=O) groups is 2. The normalized spacial score (nSPS) is 26.7. The third-order valence-corrected chi connectivity index (χ3v) is 5.56. The van der Waals surface area contributed by atoms with Gasteiger partial charge in [-0.05, 0) is 39.0 Å². The summed E-state index contributed by atoms with van der Waals surface area (Å²) in [7, 11) is 0. The monoisotopic (exact) mass is 363 g/mol. The third kappa shape index (κ3) is 4.54. The highest BCUT2D eigenvalue weighted by molar-refractivity contribution is 8.00. The van der Waals surface area contributed by atoms with Crippen LogP contribution in [-0.4, -0.2) is 60.4 Å². The van der Waals surface area contributed by atoms with Crippen molar-refractivity contribution in [3.63, 3.8) is 0 Å². The number of rotatable bonds is 4. The van der Waals surface area contributed by atoms with Gasteiger partial charge in [0.05, 0.1) is 23.1 Å². The van der Waals surface area contributed by atoms with Crippen LogP contribution < -0.4 is 10.6 Å². The van der Waals surface area contributed by atoms with Gasteiger partial charge in [0.2, 0.25) is 5.91 Å². The number of benzene rings is 1. The lowest BCUT2D eigenvalue weighted by Crippen LogP contribution is -2.47. The second-order valence-electron chi connectivity index (χ2n) is 6.73. The maximum absolute atomic E-state index is 12.4. The molecule has 0 spiro atoms. The number of amides is 2. The summed E-state index contributed by atoms with van der Waals surface area (Å²) in [5.74, 6) is -0.138. The minimum Gasteiger partial charge on any atom is -0.373 e. The van der Waals surface area contributed by atoms with Crippen LogP contribution in [0.15, 0.2) is 23.1 Å². The van der Waals surface area contributed by atoms with Gasteiger partial charge in [0.25, 0.3) is 5.91 Å². The number of fused-ring (bicyclic) bond motifs is 1. The highest BCUT2D eigenvalue weighted by atomic mass is 32.2. The van der Waals surface area contributed by atoms with E-state index in [1.165, 1.54) is 11.8 Å². The van der Waals surface area contributed by atoms with E-state index in [1.807, 2.05) is 19.1 Å². The molecule has 136 valence electrons. The first-order valence-corrected chi connectivity index (χ1v) is 9.58. The average molecular weight is 363 g/mol. The Morgan fingerprint density at radius 2 is 2.04 bits per heavy atom. The van der Waals surface area contributed by atoms with E-state index in [2.05, 4.69) is 29.4 Å². The van der Waals surface area contributed by atoms with Crippen LogP contribution in [0.4, 0.5) is 5.69 Å². The van der Waals surface area contributed by atoms with E-state index in [1.54, 1.807) is 6.07 Å². The molecule has 0 aromatic heterocycles. The van der Waals surface area contributed by atoms with Crippen molar-refractivity contribution >= 4 is 29.3 Å². The largest absolute Gasteiger partial charge is 0.373 e. The lowest BCUT2D eigenvalue weighted by atomic mass is 10.1. The van der Waals surface area contributed by atoms with Gasteiger partial charge in [0, 0.05) is 36.6 Å². The summed E-state index contributed by atoms with van der Waals surface area (Å²) in [6.45, 7) is 9.19. The lowest BCUT2D eigenvalue weighted by molar-refractivity contribution is -0.115. The van der Waals surface area contributed by atoms with E-state index in [0.717, 1.165) is 30.2 Å². The first-order valence-electron chi connectivity index (χ1n) is 8.70. The van der Waals surface area contributed by atoms with Gasteiger partial charge in [0.1, 0.15) is 0 Å². The standard InChI is InChI=1S/C18H25N3O3S/c1-11-9-21(10-12(2)24-11)7-6-19-18(23)14-4-5-16-15(8-14)20-17(22)13(3)25-16/h4-5,8,11-13H,6-7,9-10H2,1-3H3,(H,19,23)(H,20,22)/t11-,12-,13-/m0/s1. The third-order valence-electron chi connectivity index (χ3n) is 4.38. The molecule has 3 atom stereocenters. The van der Waals surface area contributed by atoms with Crippen molar-refractivity contribution < 1.29 is 14.3 Å². The number of hydrogen-bond acceptors (Lipinski definition) is 5. The number of hydrogen-bond donors (Lipinski definition) is 2. The summed E-state index contributed by atoms with van der Waals surface area (Å²) >= 11 is 1.52. The molecule has 1 saturated heterocycles. The molecule has 6 nitrogen and oxygen atoms in total. The summed E-state index contributed by atoms with van der Waals surface area (Å²) in [6, 6.07) is 5.46. The lowest BCUT2D eigenvalue weighted by Gasteiger charge is -2.35. The predicted molar refractivity (Wildman–Crippen MR) is 99.2 cm³/mol.